The summed E-state index contributed by atoms with van der Waals surface area (Å²) in [5, 5.41) is 1.85. The van der Waals surface area contributed by atoms with Gasteiger partial charge in [0.1, 0.15) is 0 Å². The van der Waals surface area contributed by atoms with Crippen molar-refractivity contribution in [1.29, 1.82) is 0 Å². The van der Waals surface area contributed by atoms with Gasteiger partial charge >= 0.3 is 5.97 Å². The molecule has 0 saturated carbocycles. The Morgan fingerprint density at radius 2 is 2.21 bits per heavy atom. The van der Waals surface area contributed by atoms with Crippen molar-refractivity contribution in [3.63, 3.8) is 0 Å². The molecule has 0 saturated heterocycles. The first-order valence-electron chi connectivity index (χ1n) is 5.45. The lowest BCUT2D eigenvalue weighted by Gasteiger charge is -2.16. The number of ether oxygens (including phenoxy) is 1. The van der Waals surface area contributed by atoms with Gasteiger partial charge in [-0.3, -0.25) is 9.20 Å². The summed E-state index contributed by atoms with van der Waals surface area (Å²) in [4.78, 5) is 29.7. The fourth-order valence-electron chi connectivity index (χ4n) is 1.57. The van der Waals surface area contributed by atoms with Gasteiger partial charge in [0.25, 0.3) is 5.91 Å². The summed E-state index contributed by atoms with van der Waals surface area (Å²) in [7, 11) is 3.19. The number of rotatable bonds is 3. The third kappa shape index (κ3) is 2.57. The number of hydrogen-bond acceptors (Lipinski definition) is 5. The summed E-state index contributed by atoms with van der Waals surface area (Å²) < 4.78 is 6.65. The summed E-state index contributed by atoms with van der Waals surface area (Å²) >= 11 is 7.26. The average molecular weight is 302 g/mol. The molecule has 102 valence electrons. The van der Waals surface area contributed by atoms with E-state index in [-0.39, 0.29) is 16.8 Å². The van der Waals surface area contributed by atoms with Crippen LogP contribution in [0.4, 0.5) is 0 Å². The average Bonchev–Trinajstić information content (AvgIpc) is 2.86. The molecule has 0 radical (unpaired) electrons. The molecular weight excluding hydrogens is 290 g/mol. The van der Waals surface area contributed by atoms with Crippen molar-refractivity contribution in [3.8, 4) is 0 Å². The van der Waals surface area contributed by atoms with Crippen LogP contribution in [0.15, 0.2) is 11.6 Å². The van der Waals surface area contributed by atoms with Crippen LogP contribution in [-0.4, -0.2) is 46.4 Å². The van der Waals surface area contributed by atoms with Gasteiger partial charge in [0, 0.05) is 25.7 Å². The molecule has 0 bridgehead atoms. The zero-order valence-corrected chi connectivity index (χ0v) is 12.2. The van der Waals surface area contributed by atoms with Gasteiger partial charge in [-0.15, -0.1) is 11.3 Å². The zero-order chi connectivity index (χ0) is 14.2. The van der Waals surface area contributed by atoms with Crippen LogP contribution in [0.5, 0.6) is 0 Å². The highest BCUT2D eigenvalue weighted by Gasteiger charge is 2.25. The molecule has 19 heavy (non-hydrogen) atoms. The van der Waals surface area contributed by atoms with Gasteiger partial charge < -0.3 is 9.64 Å². The first-order chi connectivity index (χ1) is 8.91. The van der Waals surface area contributed by atoms with E-state index in [0.717, 1.165) is 0 Å². The fraction of sp³-hybridized carbons (Fsp3) is 0.364. The first-order valence-corrected chi connectivity index (χ1v) is 6.70. The molecule has 8 heteroatoms. The number of esters is 1. The Labute approximate surface area is 118 Å². The van der Waals surface area contributed by atoms with E-state index < -0.39 is 12.1 Å². The number of thiazole rings is 1. The minimum Gasteiger partial charge on any atom is -0.448 e. The molecule has 6 nitrogen and oxygen atoms in total. The van der Waals surface area contributed by atoms with Crippen LogP contribution < -0.4 is 0 Å². The van der Waals surface area contributed by atoms with Gasteiger partial charge in [0.15, 0.2) is 21.9 Å². The maximum Gasteiger partial charge on any atom is 0.359 e. The fourth-order valence-corrected chi connectivity index (χ4v) is 2.58. The predicted octanol–water partition coefficient (Wildman–Crippen LogP) is 1.68. The van der Waals surface area contributed by atoms with Crippen molar-refractivity contribution in [3.05, 3.63) is 22.4 Å². The number of nitrogens with zero attached hydrogens (tertiary/aromatic N) is 3. The van der Waals surface area contributed by atoms with E-state index in [4.69, 9.17) is 16.3 Å². The highest BCUT2D eigenvalue weighted by Crippen LogP contribution is 2.22. The van der Waals surface area contributed by atoms with Crippen LogP contribution in [0.2, 0.25) is 5.15 Å². The number of imidazole rings is 1. The highest BCUT2D eigenvalue weighted by molar-refractivity contribution is 7.15. The smallest absolute Gasteiger partial charge is 0.359 e. The molecule has 0 fully saturated rings. The maximum atomic E-state index is 12.0. The third-order valence-electron chi connectivity index (χ3n) is 2.49. The molecule has 2 heterocycles. The predicted molar refractivity (Wildman–Crippen MR) is 71.7 cm³/mol. The molecule has 0 aliphatic heterocycles. The number of carbonyl (C=O) groups excluding carboxylic acids is 2. The minimum atomic E-state index is -0.872. The molecule has 2 aromatic rings. The SMILES string of the molecule is C[C@@H](OC(=O)c1c(Cl)nc2sccn12)C(=O)N(C)C. The van der Waals surface area contributed by atoms with E-state index in [1.54, 1.807) is 30.1 Å². The normalized spacial score (nSPS) is 12.4. The number of hydrogen-bond donors (Lipinski definition) is 0. The lowest BCUT2D eigenvalue weighted by atomic mass is 10.3. The number of likely N-dealkylation sites (N-methyl/N-ethyl adjacent to an activating group) is 1. The molecule has 0 spiro atoms. The zero-order valence-electron chi connectivity index (χ0n) is 10.6. The Bertz CT molecular complexity index is 634. The van der Waals surface area contributed by atoms with Crippen molar-refractivity contribution in [1.82, 2.24) is 14.3 Å². The molecule has 1 amide bonds. The molecular formula is C11H12ClN3O3S. The maximum absolute atomic E-state index is 12.0. The van der Waals surface area contributed by atoms with Crippen LogP contribution in [-0.2, 0) is 9.53 Å². The van der Waals surface area contributed by atoms with E-state index in [2.05, 4.69) is 4.98 Å². The number of halogens is 1. The van der Waals surface area contributed by atoms with Crippen molar-refractivity contribution in [2.45, 2.75) is 13.0 Å². The summed E-state index contributed by atoms with van der Waals surface area (Å²) in [5.41, 5.74) is 0.135. The standard InChI is InChI=1S/C11H12ClN3O3S/c1-6(9(16)14(2)3)18-10(17)7-8(12)13-11-15(7)4-5-19-11/h4-6H,1-3H3/t6-/m1/s1. The van der Waals surface area contributed by atoms with Gasteiger partial charge in [-0.25, -0.2) is 9.78 Å². The van der Waals surface area contributed by atoms with E-state index in [1.807, 2.05) is 0 Å². The lowest BCUT2D eigenvalue weighted by molar-refractivity contribution is -0.137. The van der Waals surface area contributed by atoms with Crippen molar-refractivity contribution in [2.24, 2.45) is 0 Å². The number of carbonyl (C=O) groups is 2. The van der Waals surface area contributed by atoms with Crippen LogP contribution in [0.25, 0.3) is 4.96 Å². The van der Waals surface area contributed by atoms with Crippen LogP contribution in [0.1, 0.15) is 17.4 Å². The molecule has 0 aliphatic rings. The Morgan fingerprint density at radius 3 is 2.84 bits per heavy atom. The monoisotopic (exact) mass is 301 g/mol. The van der Waals surface area contributed by atoms with Crippen molar-refractivity contribution < 1.29 is 14.3 Å². The van der Waals surface area contributed by atoms with Gasteiger partial charge in [-0.1, -0.05) is 11.6 Å². The number of aromatic nitrogens is 2. The lowest BCUT2D eigenvalue weighted by Crippen LogP contribution is -2.35. The van der Waals surface area contributed by atoms with Gasteiger partial charge in [-0.2, -0.15) is 0 Å². The molecule has 0 unspecified atom stereocenters. The van der Waals surface area contributed by atoms with E-state index in [9.17, 15) is 9.59 Å². The molecule has 1 atom stereocenters. The van der Waals surface area contributed by atoms with Gasteiger partial charge in [0.05, 0.1) is 0 Å². The number of fused-ring (bicyclic) bond motifs is 1. The van der Waals surface area contributed by atoms with E-state index in [0.29, 0.717) is 4.96 Å². The van der Waals surface area contributed by atoms with Crippen LogP contribution in [0, 0.1) is 0 Å². The Kier molecular flexibility index (Phi) is 3.77. The topological polar surface area (TPSA) is 63.9 Å². The molecule has 2 rings (SSSR count). The van der Waals surface area contributed by atoms with Crippen molar-refractivity contribution in [2.75, 3.05) is 14.1 Å². The Morgan fingerprint density at radius 1 is 1.53 bits per heavy atom. The van der Waals surface area contributed by atoms with E-state index in [1.165, 1.54) is 23.2 Å². The number of amides is 1. The van der Waals surface area contributed by atoms with Gasteiger partial charge in [0.2, 0.25) is 0 Å². The largest absolute Gasteiger partial charge is 0.448 e. The third-order valence-corrected chi connectivity index (χ3v) is 3.51. The van der Waals surface area contributed by atoms with Crippen molar-refractivity contribution >= 4 is 39.8 Å². The molecule has 2 aromatic heterocycles. The second-order valence-corrected chi connectivity index (χ2v) is 5.32. The Balaban J connectivity index is 2.23. The molecule has 0 aromatic carbocycles. The van der Waals surface area contributed by atoms with Crippen LogP contribution >= 0.6 is 22.9 Å². The second-order valence-electron chi connectivity index (χ2n) is 4.09. The summed E-state index contributed by atoms with van der Waals surface area (Å²) in [6.45, 7) is 1.51. The van der Waals surface area contributed by atoms with Gasteiger partial charge in [-0.05, 0) is 6.92 Å². The minimum absolute atomic E-state index is 0.0707. The first kappa shape index (κ1) is 13.8. The highest BCUT2D eigenvalue weighted by atomic mass is 35.5. The summed E-state index contributed by atoms with van der Waals surface area (Å²) in [6.07, 6.45) is 0.802. The second kappa shape index (κ2) is 5.18. The molecule has 0 N–H and O–H groups in total. The molecule has 0 aliphatic carbocycles. The van der Waals surface area contributed by atoms with Crippen LogP contribution in [0.3, 0.4) is 0 Å². The summed E-state index contributed by atoms with van der Waals surface area (Å²) in [6, 6.07) is 0. The quantitative estimate of drug-likeness (QED) is 0.809. The summed E-state index contributed by atoms with van der Waals surface area (Å²) in [5.74, 6) is -0.964. The van der Waals surface area contributed by atoms with E-state index >= 15 is 0 Å². The Hall–Kier alpha value is -1.60.